The number of aromatic amines is 1. The summed E-state index contributed by atoms with van der Waals surface area (Å²) in [5.74, 6) is 2.09. The summed E-state index contributed by atoms with van der Waals surface area (Å²) < 4.78 is 16.2. The zero-order valence-electron chi connectivity index (χ0n) is 15.1. The van der Waals surface area contributed by atoms with Crippen molar-refractivity contribution in [1.82, 2.24) is 4.98 Å². The highest BCUT2D eigenvalue weighted by Gasteiger charge is 2.18. The van der Waals surface area contributed by atoms with Crippen LogP contribution in [0.15, 0.2) is 46.8 Å². The predicted octanol–water partition coefficient (Wildman–Crippen LogP) is 4.02. The van der Waals surface area contributed by atoms with Gasteiger partial charge in [0.15, 0.2) is 11.5 Å². The number of benzene rings is 1. The van der Waals surface area contributed by atoms with Gasteiger partial charge in [0.2, 0.25) is 0 Å². The number of nitrogens with one attached hydrogen (secondary N) is 1. The molecular formula is C20H22N2O3. The third kappa shape index (κ3) is 3.31. The molecule has 2 heterocycles. The van der Waals surface area contributed by atoms with E-state index in [0.717, 1.165) is 34.1 Å². The first-order valence-corrected chi connectivity index (χ1v) is 8.00. The van der Waals surface area contributed by atoms with E-state index in [9.17, 15) is 0 Å². The van der Waals surface area contributed by atoms with Crippen LogP contribution >= 0.6 is 0 Å². The monoisotopic (exact) mass is 338 g/mol. The molecule has 0 atom stereocenters. The van der Waals surface area contributed by atoms with E-state index in [-0.39, 0.29) is 0 Å². The number of hydrogen-bond acceptors (Lipinski definition) is 4. The second kappa shape index (κ2) is 6.89. The number of hydrogen-bond donors (Lipinski definition) is 1. The van der Waals surface area contributed by atoms with E-state index in [0.29, 0.717) is 11.5 Å². The van der Waals surface area contributed by atoms with Gasteiger partial charge in [0, 0.05) is 23.0 Å². The summed E-state index contributed by atoms with van der Waals surface area (Å²) in [6, 6.07) is 7.85. The first-order valence-electron chi connectivity index (χ1n) is 8.00. The van der Waals surface area contributed by atoms with Gasteiger partial charge in [-0.15, -0.1) is 0 Å². The Labute approximate surface area is 147 Å². The Bertz CT molecular complexity index is 888. The molecule has 25 heavy (non-hydrogen) atoms. The normalized spacial score (nSPS) is 15.2. The Hall–Kier alpha value is -2.95. The van der Waals surface area contributed by atoms with E-state index >= 15 is 0 Å². The fourth-order valence-electron chi connectivity index (χ4n) is 2.86. The van der Waals surface area contributed by atoms with Crippen LogP contribution < -0.4 is 9.47 Å². The van der Waals surface area contributed by atoms with Crippen molar-refractivity contribution in [1.29, 1.82) is 0 Å². The molecule has 0 radical (unpaired) electrons. The number of rotatable bonds is 5. The van der Waals surface area contributed by atoms with Crippen LogP contribution in [0.5, 0.6) is 11.5 Å². The van der Waals surface area contributed by atoms with Gasteiger partial charge in [-0.25, -0.2) is 4.99 Å². The quantitative estimate of drug-likeness (QED) is 0.896. The van der Waals surface area contributed by atoms with Crippen molar-refractivity contribution in [2.24, 2.45) is 4.99 Å². The summed E-state index contributed by atoms with van der Waals surface area (Å²) in [6.45, 7) is 4.11. The molecule has 1 aromatic carbocycles. The number of ether oxygens (including phenoxy) is 3. The second-order valence-corrected chi connectivity index (χ2v) is 5.86. The van der Waals surface area contributed by atoms with E-state index in [2.05, 4.69) is 18.0 Å². The summed E-state index contributed by atoms with van der Waals surface area (Å²) in [5.41, 5.74) is 5.88. The molecule has 1 aliphatic rings. The van der Waals surface area contributed by atoms with Crippen LogP contribution in [0.4, 0.5) is 0 Å². The van der Waals surface area contributed by atoms with Gasteiger partial charge in [-0.05, 0) is 49.8 Å². The minimum absolute atomic E-state index is 0.670. The molecule has 0 amide bonds. The Balaban J connectivity index is 2.01. The Morgan fingerprint density at radius 2 is 1.72 bits per heavy atom. The van der Waals surface area contributed by atoms with Crippen LogP contribution in [0.2, 0.25) is 0 Å². The van der Waals surface area contributed by atoms with E-state index in [1.807, 2.05) is 37.3 Å². The van der Waals surface area contributed by atoms with Crippen molar-refractivity contribution >= 4 is 11.8 Å². The topological polar surface area (TPSA) is 55.8 Å². The van der Waals surface area contributed by atoms with Gasteiger partial charge in [-0.1, -0.05) is 0 Å². The SMILES string of the molecule is COC1=CC(c2ccc(OC)c(OC)c2)=N/C1=C/c1[nH]c(C)cc1C. The summed E-state index contributed by atoms with van der Waals surface area (Å²) in [4.78, 5) is 8.07. The summed E-state index contributed by atoms with van der Waals surface area (Å²) in [6.07, 6.45) is 3.93. The average Bonchev–Trinajstić information content (AvgIpc) is 3.17. The number of allylic oxidation sites excluding steroid dienone is 1. The number of methoxy groups -OCH3 is 3. The molecular weight excluding hydrogens is 316 g/mol. The van der Waals surface area contributed by atoms with E-state index < -0.39 is 0 Å². The molecule has 130 valence electrons. The van der Waals surface area contributed by atoms with Crippen molar-refractivity contribution in [2.75, 3.05) is 21.3 Å². The van der Waals surface area contributed by atoms with Crippen LogP contribution in [0.3, 0.4) is 0 Å². The van der Waals surface area contributed by atoms with Crippen molar-refractivity contribution < 1.29 is 14.2 Å². The highest BCUT2D eigenvalue weighted by atomic mass is 16.5. The van der Waals surface area contributed by atoms with Crippen LogP contribution in [0.1, 0.15) is 22.5 Å². The lowest BCUT2D eigenvalue weighted by molar-refractivity contribution is 0.303. The molecule has 0 saturated carbocycles. The molecule has 3 rings (SSSR count). The molecule has 2 aromatic rings. The zero-order valence-corrected chi connectivity index (χ0v) is 15.1. The summed E-state index contributed by atoms with van der Waals surface area (Å²) in [5, 5.41) is 0. The van der Waals surface area contributed by atoms with Crippen molar-refractivity contribution in [3.63, 3.8) is 0 Å². The van der Waals surface area contributed by atoms with Crippen LogP contribution in [-0.4, -0.2) is 32.0 Å². The second-order valence-electron chi connectivity index (χ2n) is 5.86. The fourth-order valence-corrected chi connectivity index (χ4v) is 2.86. The highest BCUT2D eigenvalue weighted by molar-refractivity contribution is 6.12. The summed E-state index contributed by atoms with van der Waals surface area (Å²) in [7, 11) is 4.89. The van der Waals surface area contributed by atoms with Gasteiger partial charge in [0.05, 0.1) is 27.0 Å². The van der Waals surface area contributed by atoms with Crippen molar-refractivity contribution in [3.8, 4) is 11.5 Å². The Morgan fingerprint density at radius 3 is 2.32 bits per heavy atom. The first kappa shape index (κ1) is 16.9. The minimum atomic E-state index is 0.670. The van der Waals surface area contributed by atoms with Gasteiger partial charge in [0.1, 0.15) is 11.5 Å². The lowest BCUT2D eigenvalue weighted by Gasteiger charge is -2.08. The predicted molar refractivity (Wildman–Crippen MR) is 99.4 cm³/mol. The van der Waals surface area contributed by atoms with Crippen LogP contribution in [0.25, 0.3) is 6.08 Å². The number of aryl methyl sites for hydroxylation is 2. The first-order chi connectivity index (χ1) is 12.0. The largest absolute Gasteiger partial charge is 0.494 e. The van der Waals surface area contributed by atoms with Crippen molar-refractivity contribution in [3.05, 3.63) is 64.3 Å². The summed E-state index contributed by atoms with van der Waals surface area (Å²) >= 11 is 0. The molecule has 5 nitrogen and oxygen atoms in total. The fraction of sp³-hybridized carbons (Fsp3) is 0.250. The smallest absolute Gasteiger partial charge is 0.161 e. The molecule has 5 heteroatoms. The maximum atomic E-state index is 5.50. The van der Waals surface area contributed by atoms with Crippen LogP contribution in [-0.2, 0) is 4.74 Å². The van der Waals surface area contributed by atoms with Gasteiger partial charge >= 0.3 is 0 Å². The molecule has 0 spiro atoms. The maximum absolute atomic E-state index is 5.50. The number of H-pyrrole nitrogens is 1. The average molecular weight is 338 g/mol. The molecule has 0 saturated heterocycles. The molecule has 0 fully saturated rings. The lowest BCUT2D eigenvalue weighted by Crippen LogP contribution is -1.97. The Morgan fingerprint density at radius 1 is 0.960 bits per heavy atom. The van der Waals surface area contributed by atoms with E-state index in [1.165, 1.54) is 5.56 Å². The van der Waals surface area contributed by atoms with E-state index in [4.69, 9.17) is 19.2 Å². The minimum Gasteiger partial charge on any atom is -0.494 e. The molecule has 0 aliphatic carbocycles. The molecule has 0 unspecified atom stereocenters. The van der Waals surface area contributed by atoms with Crippen molar-refractivity contribution in [2.45, 2.75) is 13.8 Å². The maximum Gasteiger partial charge on any atom is 0.161 e. The number of nitrogens with zero attached hydrogens (tertiary/aromatic N) is 1. The lowest BCUT2D eigenvalue weighted by atomic mass is 10.1. The molecule has 1 N–H and O–H groups in total. The number of aliphatic imine (C=N–C) groups is 1. The highest BCUT2D eigenvalue weighted by Crippen LogP contribution is 2.31. The van der Waals surface area contributed by atoms with Gasteiger partial charge < -0.3 is 19.2 Å². The molecule has 0 bridgehead atoms. The molecule has 1 aromatic heterocycles. The third-order valence-electron chi connectivity index (χ3n) is 4.13. The molecule has 1 aliphatic heterocycles. The third-order valence-corrected chi connectivity index (χ3v) is 4.13. The van der Waals surface area contributed by atoms with Gasteiger partial charge in [-0.3, -0.25) is 0 Å². The Kier molecular flexibility index (Phi) is 4.65. The standard InChI is InChI=1S/C20H22N2O3/c1-12-8-13(2)21-15(12)10-17-19(24-4)11-16(22-17)14-6-7-18(23-3)20(9-14)25-5/h6-11,21H,1-5H3/b17-10+. The number of aromatic nitrogens is 1. The van der Waals surface area contributed by atoms with Gasteiger partial charge in [-0.2, -0.15) is 0 Å². The zero-order chi connectivity index (χ0) is 18.0. The van der Waals surface area contributed by atoms with Gasteiger partial charge in [0.25, 0.3) is 0 Å². The van der Waals surface area contributed by atoms with E-state index in [1.54, 1.807) is 21.3 Å². The van der Waals surface area contributed by atoms with Crippen LogP contribution in [0, 0.1) is 13.8 Å².